The van der Waals surface area contributed by atoms with E-state index in [2.05, 4.69) is 16.3 Å². The maximum atomic E-state index is 11.7. The van der Waals surface area contributed by atoms with Crippen LogP contribution in [0.4, 0.5) is 0 Å². The van der Waals surface area contributed by atoms with E-state index in [1.165, 1.54) is 0 Å². The lowest BCUT2D eigenvalue weighted by Gasteiger charge is -2.25. The molecule has 1 amide bonds. The van der Waals surface area contributed by atoms with Crippen LogP contribution < -0.4 is 5.32 Å². The fourth-order valence-corrected chi connectivity index (χ4v) is 1.67. The predicted molar refractivity (Wildman–Crippen MR) is 62.7 cm³/mol. The van der Waals surface area contributed by atoms with Crippen molar-refractivity contribution < 1.29 is 4.79 Å². The minimum atomic E-state index is -0.179. The number of hydrogen-bond donors (Lipinski definition) is 1. The van der Waals surface area contributed by atoms with E-state index < -0.39 is 0 Å². The van der Waals surface area contributed by atoms with E-state index in [-0.39, 0.29) is 11.4 Å². The Morgan fingerprint density at radius 1 is 1.50 bits per heavy atom. The fraction of sp³-hybridized carbons (Fsp3) is 0.833. The summed E-state index contributed by atoms with van der Waals surface area (Å²) in [6, 6.07) is 2.66. The quantitative estimate of drug-likeness (QED) is 0.764. The van der Waals surface area contributed by atoms with Crippen molar-refractivity contribution in [1.82, 2.24) is 10.2 Å². The van der Waals surface area contributed by atoms with Crippen molar-refractivity contribution in [2.75, 3.05) is 13.1 Å². The predicted octanol–water partition coefficient (Wildman–Crippen LogP) is 1.28. The topological polar surface area (TPSA) is 56.1 Å². The third-order valence-corrected chi connectivity index (χ3v) is 2.44. The Morgan fingerprint density at radius 2 is 2.12 bits per heavy atom. The second kappa shape index (κ2) is 5.31. The molecule has 4 heteroatoms. The van der Waals surface area contributed by atoms with E-state index in [0.29, 0.717) is 25.6 Å². The summed E-state index contributed by atoms with van der Waals surface area (Å²) in [5.41, 5.74) is -0.179. The normalized spacial score (nSPS) is 15.9. The first kappa shape index (κ1) is 13.0. The maximum Gasteiger partial charge on any atom is 0.234 e. The van der Waals surface area contributed by atoms with E-state index in [9.17, 15) is 4.79 Å². The zero-order valence-electron chi connectivity index (χ0n) is 10.4. The molecule has 0 radical (unpaired) electrons. The van der Waals surface area contributed by atoms with E-state index >= 15 is 0 Å². The highest BCUT2D eigenvalue weighted by Crippen LogP contribution is 2.26. The Kier molecular flexibility index (Phi) is 4.31. The van der Waals surface area contributed by atoms with Gasteiger partial charge in [0.1, 0.15) is 0 Å². The third-order valence-electron chi connectivity index (χ3n) is 2.44. The first-order chi connectivity index (χ1) is 7.42. The van der Waals surface area contributed by atoms with Gasteiger partial charge in [-0.2, -0.15) is 5.26 Å². The SMILES string of the molecule is CC(C)(C)NC(=O)CN(CCC#N)C1CC1. The molecule has 0 spiro atoms. The first-order valence-corrected chi connectivity index (χ1v) is 5.84. The van der Waals surface area contributed by atoms with E-state index in [1.807, 2.05) is 20.8 Å². The summed E-state index contributed by atoms with van der Waals surface area (Å²) in [5.74, 6) is 0.0531. The minimum Gasteiger partial charge on any atom is -0.350 e. The van der Waals surface area contributed by atoms with Crippen LogP contribution in [0.2, 0.25) is 0 Å². The van der Waals surface area contributed by atoms with Crippen LogP contribution in [0.25, 0.3) is 0 Å². The van der Waals surface area contributed by atoms with E-state index in [0.717, 1.165) is 12.8 Å². The molecular weight excluding hydrogens is 202 g/mol. The van der Waals surface area contributed by atoms with E-state index in [4.69, 9.17) is 5.26 Å². The van der Waals surface area contributed by atoms with Crippen molar-refractivity contribution >= 4 is 5.91 Å². The van der Waals surface area contributed by atoms with Crippen LogP contribution in [0, 0.1) is 11.3 Å². The summed E-state index contributed by atoms with van der Waals surface area (Å²) in [6.45, 7) is 7.05. The summed E-state index contributed by atoms with van der Waals surface area (Å²) in [7, 11) is 0. The molecule has 0 unspecified atom stereocenters. The van der Waals surface area contributed by atoms with Gasteiger partial charge < -0.3 is 5.32 Å². The summed E-state index contributed by atoms with van der Waals surface area (Å²) in [4.78, 5) is 13.8. The van der Waals surface area contributed by atoms with Gasteiger partial charge in [-0.05, 0) is 33.6 Å². The number of amides is 1. The lowest BCUT2D eigenvalue weighted by Crippen LogP contribution is -2.46. The molecule has 0 bridgehead atoms. The van der Waals surface area contributed by atoms with Crippen LogP contribution >= 0.6 is 0 Å². The highest BCUT2D eigenvalue weighted by Gasteiger charge is 2.30. The molecule has 0 aromatic carbocycles. The van der Waals surface area contributed by atoms with Gasteiger partial charge in [-0.25, -0.2) is 0 Å². The van der Waals surface area contributed by atoms with Gasteiger partial charge in [-0.1, -0.05) is 0 Å². The molecule has 1 aliphatic rings. The molecule has 1 aliphatic carbocycles. The molecule has 0 atom stereocenters. The van der Waals surface area contributed by atoms with Crippen LogP contribution in [0.15, 0.2) is 0 Å². The molecule has 1 rings (SSSR count). The molecule has 0 aromatic heterocycles. The molecular formula is C12H21N3O. The zero-order chi connectivity index (χ0) is 12.2. The lowest BCUT2D eigenvalue weighted by atomic mass is 10.1. The maximum absolute atomic E-state index is 11.7. The minimum absolute atomic E-state index is 0.0531. The Hall–Kier alpha value is -1.08. The molecule has 1 saturated carbocycles. The van der Waals surface area contributed by atoms with Crippen LogP contribution in [-0.2, 0) is 4.79 Å². The Bertz CT molecular complexity index is 284. The monoisotopic (exact) mass is 223 g/mol. The fourth-order valence-electron chi connectivity index (χ4n) is 1.67. The average molecular weight is 223 g/mol. The van der Waals surface area contributed by atoms with Gasteiger partial charge in [0.15, 0.2) is 0 Å². The summed E-state index contributed by atoms with van der Waals surface area (Å²) >= 11 is 0. The number of carbonyl (C=O) groups is 1. The van der Waals surface area contributed by atoms with Crippen molar-refractivity contribution in [1.29, 1.82) is 5.26 Å². The third kappa shape index (κ3) is 5.13. The highest BCUT2D eigenvalue weighted by atomic mass is 16.2. The molecule has 0 heterocycles. The number of nitrogens with one attached hydrogen (secondary N) is 1. The largest absolute Gasteiger partial charge is 0.350 e. The molecule has 0 aromatic rings. The van der Waals surface area contributed by atoms with Gasteiger partial charge in [-0.3, -0.25) is 9.69 Å². The van der Waals surface area contributed by atoms with Crippen molar-refractivity contribution in [3.05, 3.63) is 0 Å². The van der Waals surface area contributed by atoms with Gasteiger partial charge >= 0.3 is 0 Å². The Labute approximate surface area is 97.6 Å². The zero-order valence-corrected chi connectivity index (χ0v) is 10.4. The average Bonchev–Trinajstić information content (AvgIpc) is 2.91. The Morgan fingerprint density at radius 3 is 2.56 bits per heavy atom. The van der Waals surface area contributed by atoms with Gasteiger partial charge in [0, 0.05) is 24.5 Å². The first-order valence-electron chi connectivity index (χ1n) is 5.84. The van der Waals surface area contributed by atoms with E-state index in [1.54, 1.807) is 0 Å². The Balaban J connectivity index is 2.36. The van der Waals surface area contributed by atoms with Crippen LogP contribution in [-0.4, -0.2) is 35.5 Å². The number of nitrogens with zero attached hydrogens (tertiary/aromatic N) is 2. The van der Waals surface area contributed by atoms with Crippen molar-refractivity contribution in [3.8, 4) is 6.07 Å². The summed E-state index contributed by atoms with van der Waals surface area (Å²) in [6.07, 6.45) is 2.82. The number of carbonyl (C=O) groups excluding carboxylic acids is 1. The van der Waals surface area contributed by atoms with Crippen molar-refractivity contribution in [3.63, 3.8) is 0 Å². The smallest absolute Gasteiger partial charge is 0.234 e. The molecule has 4 nitrogen and oxygen atoms in total. The van der Waals surface area contributed by atoms with Crippen molar-refractivity contribution in [2.45, 2.75) is 51.6 Å². The van der Waals surface area contributed by atoms with Gasteiger partial charge in [0.05, 0.1) is 12.6 Å². The summed E-state index contributed by atoms with van der Waals surface area (Å²) in [5, 5.41) is 11.5. The number of nitriles is 1. The van der Waals surface area contributed by atoms with Crippen molar-refractivity contribution in [2.24, 2.45) is 0 Å². The van der Waals surface area contributed by atoms with Crippen LogP contribution in [0.1, 0.15) is 40.0 Å². The second-order valence-corrected chi connectivity index (χ2v) is 5.41. The standard InChI is InChI=1S/C12H21N3O/c1-12(2,3)14-11(16)9-15(8-4-7-13)10-5-6-10/h10H,4-6,8-9H2,1-3H3,(H,14,16). The van der Waals surface area contributed by atoms with Crippen LogP contribution in [0.3, 0.4) is 0 Å². The molecule has 0 aliphatic heterocycles. The lowest BCUT2D eigenvalue weighted by molar-refractivity contribution is -0.123. The van der Waals surface area contributed by atoms with Gasteiger partial charge in [0.25, 0.3) is 0 Å². The molecule has 16 heavy (non-hydrogen) atoms. The highest BCUT2D eigenvalue weighted by molar-refractivity contribution is 5.78. The van der Waals surface area contributed by atoms with Crippen LogP contribution in [0.5, 0.6) is 0 Å². The molecule has 90 valence electrons. The molecule has 0 saturated heterocycles. The second-order valence-electron chi connectivity index (χ2n) is 5.41. The van der Waals surface area contributed by atoms with Gasteiger partial charge in [0.2, 0.25) is 5.91 Å². The summed E-state index contributed by atoms with van der Waals surface area (Å²) < 4.78 is 0. The number of hydrogen-bond acceptors (Lipinski definition) is 3. The molecule has 1 fully saturated rings. The number of rotatable bonds is 5. The van der Waals surface area contributed by atoms with Gasteiger partial charge in [-0.15, -0.1) is 0 Å². The molecule has 1 N–H and O–H groups in total.